The van der Waals surface area contributed by atoms with Gasteiger partial charge in [0, 0.05) is 16.5 Å². The van der Waals surface area contributed by atoms with Gasteiger partial charge >= 0.3 is 0 Å². The molecule has 2 aromatic rings. The maximum absolute atomic E-state index is 4.90. The van der Waals surface area contributed by atoms with Gasteiger partial charge in [-0.3, -0.25) is 9.98 Å². The molecule has 0 fully saturated rings. The molecule has 130 valence electrons. The number of unbranched alkanes of at least 4 members (excludes halogenated alkanes) is 1. The standard InChI is InChI=1S/C21H26N2.Ni/c1-3-5-17-21(23-19-15-10-7-11-16-19)20(12-4-2)22-18-13-8-6-9-14-18;/h6-11,13-16H,3-5,12,17H2,1-2H3;. The van der Waals surface area contributed by atoms with Crippen LogP contribution in [0.25, 0.3) is 0 Å². The van der Waals surface area contributed by atoms with Crippen molar-refractivity contribution in [3.63, 3.8) is 0 Å². The molecule has 0 bridgehead atoms. The summed E-state index contributed by atoms with van der Waals surface area (Å²) in [6, 6.07) is 20.4. The van der Waals surface area contributed by atoms with Gasteiger partial charge in [0.25, 0.3) is 0 Å². The van der Waals surface area contributed by atoms with Crippen molar-refractivity contribution in [2.45, 2.75) is 46.0 Å². The first-order valence-corrected chi connectivity index (χ1v) is 8.59. The van der Waals surface area contributed by atoms with E-state index in [1.807, 2.05) is 36.4 Å². The van der Waals surface area contributed by atoms with E-state index in [0.717, 1.165) is 48.5 Å². The molecule has 0 saturated carbocycles. The second kappa shape index (κ2) is 11.8. The number of aliphatic imine (C=N–C) groups is 2. The van der Waals surface area contributed by atoms with Crippen LogP contribution in [0.2, 0.25) is 0 Å². The van der Waals surface area contributed by atoms with Crippen LogP contribution in [-0.2, 0) is 16.5 Å². The van der Waals surface area contributed by atoms with E-state index in [2.05, 4.69) is 38.1 Å². The second-order valence-corrected chi connectivity index (χ2v) is 5.64. The molecule has 0 atom stereocenters. The molecule has 2 aromatic carbocycles. The minimum atomic E-state index is 0. The van der Waals surface area contributed by atoms with Crippen LogP contribution < -0.4 is 0 Å². The van der Waals surface area contributed by atoms with E-state index >= 15 is 0 Å². The zero-order valence-corrected chi connectivity index (χ0v) is 15.5. The minimum Gasteiger partial charge on any atom is -0.252 e. The van der Waals surface area contributed by atoms with E-state index in [1.54, 1.807) is 0 Å². The number of hydrogen-bond donors (Lipinski definition) is 0. The molecule has 0 heterocycles. The summed E-state index contributed by atoms with van der Waals surface area (Å²) in [5, 5.41) is 0. The Kier molecular flexibility index (Phi) is 9.95. The quantitative estimate of drug-likeness (QED) is 0.376. The molecule has 0 radical (unpaired) electrons. The van der Waals surface area contributed by atoms with Gasteiger partial charge in [0.15, 0.2) is 0 Å². The van der Waals surface area contributed by atoms with Crippen LogP contribution in [0.1, 0.15) is 46.0 Å². The van der Waals surface area contributed by atoms with Gasteiger partial charge in [-0.2, -0.15) is 0 Å². The Balaban J connectivity index is 0.00000288. The zero-order chi connectivity index (χ0) is 16.3. The average Bonchev–Trinajstić information content (AvgIpc) is 2.60. The number of benzene rings is 2. The van der Waals surface area contributed by atoms with Crippen LogP contribution in [0.3, 0.4) is 0 Å². The predicted octanol–water partition coefficient (Wildman–Crippen LogP) is 6.52. The van der Waals surface area contributed by atoms with Crippen LogP contribution in [0.5, 0.6) is 0 Å². The molecule has 2 rings (SSSR count). The fourth-order valence-corrected chi connectivity index (χ4v) is 2.43. The molecule has 0 saturated heterocycles. The fraction of sp³-hybridized carbons (Fsp3) is 0.333. The van der Waals surface area contributed by atoms with E-state index in [9.17, 15) is 0 Å². The summed E-state index contributed by atoms with van der Waals surface area (Å²) in [5.41, 5.74) is 4.27. The smallest absolute Gasteiger partial charge is 0.0633 e. The molecule has 0 N–H and O–H groups in total. The molecule has 2 nitrogen and oxygen atoms in total. The molecular formula is C21H26N2Ni. The zero-order valence-electron chi connectivity index (χ0n) is 14.5. The van der Waals surface area contributed by atoms with Crippen molar-refractivity contribution in [3.8, 4) is 0 Å². The Morgan fingerprint density at radius 1 is 0.667 bits per heavy atom. The van der Waals surface area contributed by atoms with Crippen LogP contribution in [-0.4, -0.2) is 11.4 Å². The van der Waals surface area contributed by atoms with Crippen LogP contribution >= 0.6 is 0 Å². The van der Waals surface area contributed by atoms with Crippen molar-refractivity contribution in [3.05, 3.63) is 60.7 Å². The monoisotopic (exact) mass is 364 g/mol. The van der Waals surface area contributed by atoms with Crippen LogP contribution in [0, 0.1) is 0 Å². The topological polar surface area (TPSA) is 24.7 Å². The SMILES string of the molecule is CCCCC(=Nc1ccccc1)C(CCC)=Nc1ccccc1.[Ni]. The van der Waals surface area contributed by atoms with Crippen LogP contribution in [0.15, 0.2) is 70.6 Å². The first-order chi connectivity index (χ1) is 11.3. The minimum absolute atomic E-state index is 0. The van der Waals surface area contributed by atoms with Gasteiger partial charge in [-0.1, -0.05) is 63.1 Å². The summed E-state index contributed by atoms with van der Waals surface area (Å²) in [7, 11) is 0. The molecule has 0 aromatic heterocycles. The molecule has 0 aliphatic rings. The van der Waals surface area contributed by atoms with Gasteiger partial charge in [0.2, 0.25) is 0 Å². The van der Waals surface area contributed by atoms with Gasteiger partial charge in [0.1, 0.15) is 0 Å². The average molecular weight is 365 g/mol. The Morgan fingerprint density at radius 3 is 1.54 bits per heavy atom. The van der Waals surface area contributed by atoms with Crippen molar-refractivity contribution in [2.24, 2.45) is 9.98 Å². The third kappa shape index (κ3) is 6.80. The van der Waals surface area contributed by atoms with E-state index in [-0.39, 0.29) is 16.5 Å². The van der Waals surface area contributed by atoms with E-state index in [1.165, 1.54) is 6.42 Å². The Hall–Kier alpha value is -1.73. The molecule has 3 heteroatoms. The molecule has 0 spiro atoms. The van der Waals surface area contributed by atoms with E-state index in [0.29, 0.717) is 0 Å². The van der Waals surface area contributed by atoms with Crippen LogP contribution in [0.4, 0.5) is 11.4 Å². The number of hydrogen-bond acceptors (Lipinski definition) is 2. The van der Waals surface area contributed by atoms with E-state index < -0.39 is 0 Å². The molecule has 0 amide bonds. The van der Waals surface area contributed by atoms with Gasteiger partial charge in [-0.25, -0.2) is 0 Å². The summed E-state index contributed by atoms with van der Waals surface area (Å²) < 4.78 is 0. The maximum Gasteiger partial charge on any atom is 0.0633 e. The second-order valence-electron chi connectivity index (χ2n) is 5.64. The van der Waals surface area contributed by atoms with Gasteiger partial charge in [0.05, 0.1) is 22.8 Å². The van der Waals surface area contributed by atoms with Crippen molar-refractivity contribution in [1.82, 2.24) is 0 Å². The first kappa shape index (κ1) is 20.3. The molecule has 0 unspecified atom stereocenters. The summed E-state index contributed by atoms with van der Waals surface area (Å²) >= 11 is 0. The first-order valence-electron chi connectivity index (χ1n) is 8.59. The van der Waals surface area contributed by atoms with Gasteiger partial charge in [-0.05, 0) is 43.5 Å². The van der Waals surface area contributed by atoms with Crippen molar-refractivity contribution >= 4 is 22.8 Å². The molecule has 0 aliphatic heterocycles. The summed E-state index contributed by atoms with van der Waals surface area (Å²) in [6.45, 7) is 4.41. The fourth-order valence-electron chi connectivity index (χ4n) is 2.43. The van der Waals surface area contributed by atoms with Crippen molar-refractivity contribution < 1.29 is 16.5 Å². The third-order valence-electron chi connectivity index (χ3n) is 3.63. The number of nitrogens with zero attached hydrogens (tertiary/aromatic N) is 2. The predicted molar refractivity (Wildman–Crippen MR) is 102 cm³/mol. The Bertz CT molecular complexity index is 633. The molecule has 0 aliphatic carbocycles. The van der Waals surface area contributed by atoms with Gasteiger partial charge in [-0.15, -0.1) is 0 Å². The Labute approximate surface area is 156 Å². The molecular weight excluding hydrogens is 339 g/mol. The van der Waals surface area contributed by atoms with E-state index in [4.69, 9.17) is 9.98 Å². The Morgan fingerprint density at radius 2 is 1.12 bits per heavy atom. The molecule has 24 heavy (non-hydrogen) atoms. The largest absolute Gasteiger partial charge is 0.252 e. The summed E-state index contributed by atoms with van der Waals surface area (Å²) in [6.07, 6.45) is 5.33. The van der Waals surface area contributed by atoms with Crippen molar-refractivity contribution in [2.75, 3.05) is 0 Å². The number of para-hydroxylation sites is 2. The summed E-state index contributed by atoms with van der Waals surface area (Å²) in [5.74, 6) is 0. The normalized spacial score (nSPS) is 11.9. The number of rotatable bonds is 8. The van der Waals surface area contributed by atoms with Crippen molar-refractivity contribution in [1.29, 1.82) is 0 Å². The summed E-state index contributed by atoms with van der Waals surface area (Å²) in [4.78, 5) is 9.78. The maximum atomic E-state index is 4.90. The third-order valence-corrected chi connectivity index (χ3v) is 3.63. The van der Waals surface area contributed by atoms with Gasteiger partial charge < -0.3 is 0 Å².